The summed E-state index contributed by atoms with van der Waals surface area (Å²) < 4.78 is 2.81. The van der Waals surface area contributed by atoms with Gasteiger partial charge in [-0.2, -0.15) is 0 Å². The summed E-state index contributed by atoms with van der Waals surface area (Å²) in [5, 5.41) is 10.6. The molecule has 6 nitrogen and oxygen atoms in total. The van der Waals surface area contributed by atoms with Crippen LogP contribution in [0.2, 0.25) is 0 Å². The molecule has 0 fully saturated rings. The maximum Gasteiger partial charge on any atom is 0.244 e. The summed E-state index contributed by atoms with van der Waals surface area (Å²) in [6.45, 7) is 4.74. The zero-order chi connectivity index (χ0) is 15.5. The van der Waals surface area contributed by atoms with Crippen LogP contribution < -0.4 is 11.1 Å². The third kappa shape index (κ3) is 3.48. The Morgan fingerprint density at radius 3 is 2.71 bits per heavy atom. The van der Waals surface area contributed by atoms with Crippen LogP contribution in [0.3, 0.4) is 0 Å². The SMILES string of the molecule is CCn1cnnc1CNC(=O)C(C)(N)c1ccc(Br)cc1. The van der Waals surface area contributed by atoms with Crippen LogP contribution in [-0.4, -0.2) is 20.7 Å². The Balaban J connectivity index is 2.06. The molecule has 0 spiro atoms. The number of rotatable bonds is 5. The molecule has 1 unspecified atom stereocenters. The van der Waals surface area contributed by atoms with Crippen LogP contribution in [0.4, 0.5) is 0 Å². The highest BCUT2D eigenvalue weighted by molar-refractivity contribution is 9.10. The summed E-state index contributed by atoms with van der Waals surface area (Å²) in [6.07, 6.45) is 1.64. The molecule has 1 aromatic carbocycles. The summed E-state index contributed by atoms with van der Waals surface area (Å²) >= 11 is 3.36. The number of hydrogen-bond acceptors (Lipinski definition) is 4. The number of amides is 1. The quantitative estimate of drug-likeness (QED) is 0.855. The van der Waals surface area contributed by atoms with Crippen molar-refractivity contribution >= 4 is 21.8 Å². The van der Waals surface area contributed by atoms with Crippen molar-refractivity contribution < 1.29 is 4.79 Å². The fraction of sp³-hybridized carbons (Fsp3) is 0.357. The van der Waals surface area contributed by atoms with Crippen LogP contribution in [0, 0.1) is 0 Å². The lowest BCUT2D eigenvalue weighted by Gasteiger charge is -2.24. The molecule has 0 saturated carbocycles. The molecule has 2 aromatic rings. The van der Waals surface area contributed by atoms with Crippen molar-refractivity contribution in [1.82, 2.24) is 20.1 Å². The van der Waals surface area contributed by atoms with Gasteiger partial charge in [-0.05, 0) is 31.5 Å². The first-order valence-corrected chi connectivity index (χ1v) is 7.44. The molecule has 3 N–H and O–H groups in total. The summed E-state index contributed by atoms with van der Waals surface area (Å²) in [5.41, 5.74) is 5.82. The average molecular weight is 352 g/mol. The fourth-order valence-electron chi connectivity index (χ4n) is 1.95. The van der Waals surface area contributed by atoms with Crippen molar-refractivity contribution in [3.63, 3.8) is 0 Å². The second-order valence-corrected chi connectivity index (χ2v) is 5.84. The van der Waals surface area contributed by atoms with E-state index >= 15 is 0 Å². The number of nitrogens with zero attached hydrogens (tertiary/aromatic N) is 3. The number of carbonyl (C=O) groups excluding carboxylic acids is 1. The maximum atomic E-state index is 12.3. The summed E-state index contributed by atoms with van der Waals surface area (Å²) in [4.78, 5) is 12.3. The van der Waals surface area contributed by atoms with E-state index in [0.717, 1.165) is 16.6 Å². The van der Waals surface area contributed by atoms with Crippen LogP contribution >= 0.6 is 15.9 Å². The molecule has 0 radical (unpaired) electrons. The fourth-order valence-corrected chi connectivity index (χ4v) is 2.21. The molecule has 1 heterocycles. The molecule has 21 heavy (non-hydrogen) atoms. The van der Waals surface area contributed by atoms with E-state index in [4.69, 9.17) is 5.73 Å². The lowest BCUT2D eigenvalue weighted by atomic mass is 9.92. The second-order valence-electron chi connectivity index (χ2n) is 4.93. The third-order valence-corrected chi connectivity index (χ3v) is 3.89. The molecular weight excluding hydrogens is 334 g/mol. The Hall–Kier alpha value is -1.73. The maximum absolute atomic E-state index is 12.3. The van der Waals surface area contributed by atoms with E-state index in [9.17, 15) is 4.79 Å². The molecule has 0 bridgehead atoms. The largest absolute Gasteiger partial charge is 0.347 e. The molecule has 1 atom stereocenters. The number of nitrogens with one attached hydrogen (secondary N) is 1. The van der Waals surface area contributed by atoms with Gasteiger partial charge in [0.05, 0.1) is 6.54 Å². The van der Waals surface area contributed by atoms with Crippen molar-refractivity contribution in [1.29, 1.82) is 0 Å². The number of benzene rings is 1. The van der Waals surface area contributed by atoms with Gasteiger partial charge in [0, 0.05) is 11.0 Å². The van der Waals surface area contributed by atoms with Crippen molar-refractivity contribution in [3.05, 3.63) is 46.5 Å². The van der Waals surface area contributed by atoms with Gasteiger partial charge in [-0.1, -0.05) is 28.1 Å². The highest BCUT2D eigenvalue weighted by Gasteiger charge is 2.30. The molecular formula is C14H18BrN5O. The van der Waals surface area contributed by atoms with E-state index in [1.54, 1.807) is 13.3 Å². The molecule has 1 aromatic heterocycles. The van der Waals surface area contributed by atoms with Gasteiger partial charge in [0.15, 0.2) is 5.82 Å². The smallest absolute Gasteiger partial charge is 0.244 e. The van der Waals surface area contributed by atoms with E-state index in [1.165, 1.54) is 0 Å². The normalized spacial score (nSPS) is 13.7. The van der Waals surface area contributed by atoms with E-state index in [-0.39, 0.29) is 5.91 Å². The van der Waals surface area contributed by atoms with Gasteiger partial charge in [0.2, 0.25) is 5.91 Å². The Morgan fingerprint density at radius 2 is 2.10 bits per heavy atom. The van der Waals surface area contributed by atoms with Crippen molar-refractivity contribution in [2.24, 2.45) is 5.73 Å². The number of halogens is 1. The first kappa shape index (κ1) is 15.7. The molecule has 0 aliphatic carbocycles. The first-order chi connectivity index (χ1) is 9.95. The Bertz CT molecular complexity index is 621. The molecule has 0 aliphatic heterocycles. The van der Waals surface area contributed by atoms with Gasteiger partial charge in [-0.25, -0.2) is 0 Å². The monoisotopic (exact) mass is 351 g/mol. The third-order valence-electron chi connectivity index (χ3n) is 3.36. The van der Waals surface area contributed by atoms with Gasteiger partial charge in [0.1, 0.15) is 11.9 Å². The Labute approximate surface area is 131 Å². The van der Waals surface area contributed by atoms with Gasteiger partial charge in [-0.15, -0.1) is 10.2 Å². The molecule has 2 rings (SSSR count). The number of carbonyl (C=O) groups is 1. The minimum absolute atomic E-state index is 0.254. The minimum Gasteiger partial charge on any atom is -0.347 e. The van der Waals surface area contributed by atoms with Gasteiger partial charge < -0.3 is 15.6 Å². The number of hydrogen-bond donors (Lipinski definition) is 2. The topological polar surface area (TPSA) is 85.8 Å². The second kappa shape index (κ2) is 6.36. The summed E-state index contributed by atoms with van der Waals surface area (Å²) in [7, 11) is 0. The van der Waals surface area contributed by atoms with Gasteiger partial charge in [0.25, 0.3) is 0 Å². The molecule has 1 amide bonds. The van der Waals surface area contributed by atoms with Crippen LogP contribution in [0.25, 0.3) is 0 Å². The first-order valence-electron chi connectivity index (χ1n) is 6.65. The minimum atomic E-state index is -1.10. The lowest BCUT2D eigenvalue weighted by molar-refractivity contribution is -0.126. The Kier molecular flexibility index (Phi) is 4.74. The predicted octanol–water partition coefficient (Wildman–Crippen LogP) is 1.55. The van der Waals surface area contributed by atoms with Crippen LogP contribution in [-0.2, 0) is 23.4 Å². The number of nitrogens with two attached hydrogens (primary N) is 1. The van der Waals surface area contributed by atoms with Crippen LogP contribution in [0.5, 0.6) is 0 Å². The van der Waals surface area contributed by atoms with Crippen LogP contribution in [0.1, 0.15) is 25.2 Å². The standard InChI is InChI=1S/C14H18BrN5O/c1-3-20-9-18-19-12(20)8-17-13(21)14(2,16)10-4-6-11(15)7-5-10/h4-7,9H,3,8,16H2,1-2H3,(H,17,21). The van der Waals surface area contributed by atoms with E-state index in [0.29, 0.717) is 12.4 Å². The summed E-state index contributed by atoms with van der Waals surface area (Å²) in [5.74, 6) is 0.452. The highest BCUT2D eigenvalue weighted by Crippen LogP contribution is 2.20. The van der Waals surface area contributed by atoms with Crippen molar-refractivity contribution in [3.8, 4) is 0 Å². The van der Waals surface area contributed by atoms with Crippen molar-refractivity contribution in [2.75, 3.05) is 0 Å². The Morgan fingerprint density at radius 1 is 1.43 bits per heavy atom. The summed E-state index contributed by atoms with van der Waals surface area (Å²) in [6, 6.07) is 7.39. The van der Waals surface area contributed by atoms with E-state index < -0.39 is 5.54 Å². The van der Waals surface area contributed by atoms with Gasteiger partial charge >= 0.3 is 0 Å². The predicted molar refractivity (Wildman–Crippen MR) is 83.2 cm³/mol. The lowest BCUT2D eigenvalue weighted by Crippen LogP contribution is -2.48. The van der Waals surface area contributed by atoms with Crippen molar-refractivity contribution in [2.45, 2.75) is 32.5 Å². The molecule has 112 valence electrons. The van der Waals surface area contributed by atoms with Crippen LogP contribution in [0.15, 0.2) is 35.1 Å². The highest BCUT2D eigenvalue weighted by atomic mass is 79.9. The zero-order valence-corrected chi connectivity index (χ0v) is 13.6. The number of aromatic nitrogens is 3. The average Bonchev–Trinajstić information content (AvgIpc) is 2.92. The van der Waals surface area contributed by atoms with Gasteiger partial charge in [-0.3, -0.25) is 4.79 Å². The number of aryl methyl sites for hydroxylation is 1. The van der Waals surface area contributed by atoms with E-state index in [1.807, 2.05) is 35.8 Å². The molecule has 0 aliphatic rings. The zero-order valence-electron chi connectivity index (χ0n) is 12.0. The molecule has 7 heteroatoms. The van der Waals surface area contributed by atoms with E-state index in [2.05, 4.69) is 31.4 Å². The molecule has 0 saturated heterocycles.